The molecule has 0 bridgehead atoms. The van der Waals surface area contributed by atoms with Crippen LogP contribution in [0.1, 0.15) is 18.9 Å². The lowest BCUT2D eigenvalue weighted by molar-refractivity contribution is 0.121. The van der Waals surface area contributed by atoms with E-state index in [0.717, 1.165) is 24.3 Å². The molecule has 1 fully saturated rings. The van der Waals surface area contributed by atoms with E-state index in [9.17, 15) is 5.11 Å². The summed E-state index contributed by atoms with van der Waals surface area (Å²) in [6, 6.07) is 8.20. The first kappa shape index (κ1) is 10.5. The van der Waals surface area contributed by atoms with E-state index in [1.54, 1.807) is 0 Å². The van der Waals surface area contributed by atoms with Crippen molar-refractivity contribution >= 4 is 5.69 Å². The highest BCUT2D eigenvalue weighted by Crippen LogP contribution is 2.21. The van der Waals surface area contributed by atoms with Crippen molar-refractivity contribution in [2.45, 2.75) is 32.1 Å². The van der Waals surface area contributed by atoms with Crippen LogP contribution >= 0.6 is 0 Å². The lowest BCUT2D eigenvalue weighted by atomic mass is 10.1. The van der Waals surface area contributed by atoms with E-state index in [-0.39, 0.29) is 12.7 Å². The minimum absolute atomic E-state index is 0.0745. The Kier molecular flexibility index (Phi) is 3.23. The maximum absolute atomic E-state index is 9.19. The number of ether oxygens (including phenoxy) is 1. The average molecular weight is 207 g/mol. The van der Waals surface area contributed by atoms with E-state index in [2.05, 4.69) is 12.2 Å². The third kappa shape index (κ3) is 2.30. The lowest BCUT2D eigenvalue weighted by Gasteiger charge is -2.19. The van der Waals surface area contributed by atoms with Gasteiger partial charge in [0.15, 0.2) is 0 Å². The van der Waals surface area contributed by atoms with Crippen LogP contribution in [0.5, 0.6) is 0 Å². The molecule has 15 heavy (non-hydrogen) atoms. The normalized spacial score (nSPS) is 25.5. The van der Waals surface area contributed by atoms with E-state index in [1.807, 2.05) is 24.3 Å². The number of anilines is 1. The van der Waals surface area contributed by atoms with Gasteiger partial charge >= 0.3 is 0 Å². The zero-order valence-electron chi connectivity index (χ0n) is 8.94. The summed E-state index contributed by atoms with van der Waals surface area (Å²) >= 11 is 0. The average Bonchev–Trinajstić information content (AvgIpc) is 2.65. The quantitative estimate of drug-likeness (QED) is 0.793. The van der Waals surface area contributed by atoms with Gasteiger partial charge in [-0.15, -0.1) is 0 Å². The van der Waals surface area contributed by atoms with Crippen LogP contribution in [0.4, 0.5) is 5.69 Å². The topological polar surface area (TPSA) is 41.5 Å². The molecule has 82 valence electrons. The first-order chi connectivity index (χ1) is 7.31. The van der Waals surface area contributed by atoms with E-state index in [0.29, 0.717) is 6.04 Å². The van der Waals surface area contributed by atoms with Gasteiger partial charge in [0.25, 0.3) is 0 Å². The molecule has 1 saturated heterocycles. The van der Waals surface area contributed by atoms with E-state index >= 15 is 0 Å². The van der Waals surface area contributed by atoms with E-state index in [1.165, 1.54) is 0 Å². The molecule has 0 unspecified atom stereocenters. The Labute approximate surface area is 90.1 Å². The van der Waals surface area contributed by atoms with Crippen LogP contribution in [0.25, 0.3) is 0 Å². The van der Waals surface area contributed by atoms with Crippen molar-refractivity contribution < 1.29 is 9.84 Å². The Morgan fingerprint density at radius 3 is 2.93 bits per heavy atom. The summed E-state index contributed by atoms with van der Waals surface area (Å²) in [5.41, 5.74) is 1.96. The number of hydrogen-bond donors (Lipinski definition) is 2. The zero-order chi connectivity index (χ0) is 10.7. The molecule has 1 aliphatic rings. The number of hydrogen-bond acceptors (Lipinski definition) is 3. The van der Waals surface area contributed by atoms with Gasteiger partial charge in [-0.1, -0.05) is 18.2 Å². The molecule has 1 heterocycles. The van der Waals surface area contributed by atoms with Gasteiger partial charge < -0.3 is 15.2 Å². The fourth-order valence-electron chi connectivity index (χ4n) is 1.92. The summed E-state index contributed by atoms with van der Waals surface area (Å²) in [5.74, 6) is 0. The summed E-state index contributed by atoms with van der Waals surface area (Å²) in [7, 11) is 0. The molecular formula is C12H17NO2. The van der Waals surface area contributed by atoms with Crippen LogP contribution in [-0.4, -0.2) is 23.9 Å². The van der Waals surface area contributed by atoms with E-state index in [4.69, 9.17) is 4.74 Å². The minimum Gasteiger partial charge on any atom is -0.392 e. The first-order valence-electron chi connectivity index (χ1n) is 5.38. The number of benzene rings is 1. The fraction of sp³-hybridized carbons (Fsp3) is 0.500. The predicted molar refractivity (Wildman–Crippen MR) is 59.8 cm³/mol. The smallest absolute Gasteiger partial charge is 0.0748 e. The molecular weight excluding hydrogens is 190 g/mol. The number of rotatable bonds is 3. The fourth-order valence-corrected chi connectivity index (χ4v) is 1.92. The highest BCUT2D eigenvalue weighted by atomic mass is 16.5. The molecule has 1 aliphatic heterocycles. The lowest BCUT2D eigenvalue weighted by Crippen LogP contribution is -2.27. The molecule has 0 aromatic heterocycles. The Bertz CT molecular complexity index is 327. The predicted octanol–water partition coefficient (Wildman–Crippen LogP) is 1.77. The van der Waals surface area contributed by atoms with Gasteiger partial charge in [-0.2, -0.15) is 0 Å². The van der Waals surface area contributed by atoms with Gasteiger partial charge in [-0.05, 0) is 19.4 Å². The molecule has 2 atom stereocenters. The second-order valence-electron chi connectivity index (χ2n) is 3.93. The van der Waals surface area contributed by atoms with Crippen molar-refractivity contribution in [2.24, 2.45) is 0 Å². The molecule has 2 N–H and O–H groups in total. The van der Waals surface area contributed by atoms with Crippen LogP contribution in [0.2, 0.25) is 0 Å². The Hall–Kier alpha value is -1.06. The molecule has 0 amide bonds. The SMILES string of the molecule is C[C@@H]1OCC[C@@H]1Nc1ccccc1CO. The molecule has 1 aromatic carbocycles. The van der Waals surface area contributed by atoms with Crippen LogP contribution in [0.15, 0.2) is 24.3 Å². The second kappa shape index (κ2) is 4.64. The van der Waals surface area contributed by atoms with Crippen LogP contribution in [0.3, 0.4) is 0 Å². The van der Waals surface area contributed by atoms with Gasteiger partial charge in [0.05, 0.1) is 18.8 Å². The van der Waals surface area contributed by atoms with Crippen LogP contribution in [-0.2, 0) is 11.3 Å². The maximum Gasteiger partial charge on any atom is 0.0748 e. The van der Waals surface area contributed by atoms with Crippen molar-refractivity contribution in [2.75, 3.05) is 11.9 Å². The number of nitrogens with one attached hydrogen (secondary N) is 1. The Morgan fingerprint density at radius 2 is 2.27 bits per heavy atom. The summed E-state index contributed by atoms with van der Waals surface area (Å²) in [4.78, 5) is 0. The first-order valence-corrected chi connectivity index (χ1v) is 5.38. The molecule has 1 aromatic rings. The highest BCUT2D eigenvalue weighted by Gasteiger charge is 2.24. The van der Waals surface area contributed by atoms with Gasteiger partial charge in [0.1, 0.15) is 0 Å². The van der Waals surface area contributed by atoms with Crippen LogP contribution < -0.4 is 5.32 Å². The Balaban J connectivity index is 2.09. The minimum atomic E-state index is 0.0745. The summed E-state index contributed by atoms with van der Waals surface area (Å²) in [5, 5.41) is 12.6. The molecule has 0 spiro atoms. The monoisotopic (exact) mass is 207 g/mol. The third-order valence-electron chi connectivity index (χ3n) is 2.90. The van der Waals surface area contributed by atoms with Gasteiger partial charge in [-0.3, -0.25) is 0 Å². The summed E-state index contributed by atoms with van der Waals surface area (Å²) in [6.45, 7) is 2.97. The number of aliphatic hydroxyl groups excluding tert-OH is 1. The molecule has 0 saturated carbocycles. The van der Waals surface area contributed by atoms with Crippen molar-refractivity contribution in [1.82, 2.24) is 0 Å². The molecule has 0 aliphatic carbocycles. The van der Waals surface area contributed by atoms with Crippen LogP contribution in [0, 0.1) is 0 Å². The standard InChI is InChI=1S/C12H17NO2/c1-9-11(6-7-15-9)13-12-5-3-2-4-10(12)8-14/h2-5,9,11,13-14H,6-8H2,1H3/t9-,11-/m0/s1. The van der Waals surface area contributed by atoms with Crippen molar-refractivity contribution in [3.63, 3.8) is 0 Å². The van der Waals surface area contributed by atoms with Crippen molar-refractivity contribution in [3.8, 4) is 0 Å². The van der Waals surface area contributed by atoms with Gasteiger partial charge in [-0.25, -0.2) is 0 Å². The molecule has 3 nitrogen and oxygen atoms in total. The third-order valence-corrected chi connectivity index (χ3v) is 2.90. The number of aliphatic hydroxyl groups is 1. The molecule has 0 radical (unpaired) electrons. The Morgan fingerprint density at radius 1 is 1.47 bits per heavy atom. The molecule has 2 rings (SSSR count). The van der Waals surface area contributed by atoms with E-state index < -0.39 is 0 Å². The summed E-state index contributed by atoms with van der Waals surface area (Å²) in [6.07, 6.45) is 1.28. The van der Waals surface area contributed by atoms with Crippen molar-refractivity contribution in [3.05, 3.63) is 29.8 Å². The van der Waals surface area contributed by atoms with Gasteiger partial charge in [0.2, 0.25) is 0 Å². The zero-order valence-corrected chi connectivity index (χ0v) is 8.94. The highest BCUT2D eigenvalue weighted by molar-refractivity contribution is 5.51. The number of para-hydroxylation sites is 1. The van der Waals surface area contributed by atoms with Crippen molar-refractivity contribution in [1.29, 1.82) is 0 Å². The summed E-state index contributed by atoms with van der Waals surface area (Å²) < 4.78 is 5.49. The van der Waals surface area contributed by atoms with Gasteiger partial charge in [0, 0.05) is 17.9 Å². The molecule has 3 heteroatoms. The second-order valence-corrected chi connectivity index (χ2v) is 3.93. The largest absolute Gasteiger partial charge is 0.392 e. The maximum atomic E-state index is 9.19.